The molecule has 0 saturated carbocycles. The zero-order valence-corrected chi connectivity index (χ0v) is 8.08. The summed E-state index contributed by atoms with van der Waals surface area (Å²) < 4.78 is 0. The maximum Gasteiger partial charge on any atom is 0.253 e. The van der Waals surface area contributed by atoms with Crippen LogP contribution in [0.5, 0.6) is 0 Å². The summed E-state index contributed by atoms with van der Waals surface area (Å²) in [4.78, 5) is 10.8. The summed E-state index contributed by atoms with van der Waals surface area (Å²) in [6, 6.07) is 9.26. The van der Waals surface area contributed by atoms with Gasteiger partial charge in [0.2, 0.25) is 0 Å². The molecule has 2 nitrogen and oxygen atoms in total. The Morgan fingerprint density at radius 2 is 2.00 bits per heavy atom. The molecule has 13 heavy (non-hydrogen) atoms. The van der Waals surface area contributed by atoms with Gasteiger partial charge in [-0.05, 0) is 24.1 Å². The Morgan fingerprint density at radius 1 is 1.46 bits per heavy atom. The number of carbonyl (C=O) groups excluding carboxylic acids is 1. The van der Waals surface area contributed by atoms with Gasteiger partial charge in [0.05, 0.1) is 0 Å². The van der Waals surface area contributed by atoms with Crippen LogP contribution in [-0.4, -0.2) is 16.0 Å². The summed E-state index contributed by atoms with van der Waals surface area (Å²) in [5.74, 6) is 0. The molecule has 1 atom stereocenters. The molecule has 1 aromatic rings. The molecular formula is C10H11ClO2. The van der Waals surface area contributed by atoms with Gasteiger partial charge >= 0.3 is 0 Å². The summed E-state index contributed by atoms with van der Waals surface area (Å²) in [5, 5.41) is 8.84. The van der Waals surface area contributed by atoms with Crippen LogP contribution in [0, 0.1) is 0 Å². The Bertz CT molecular complexity index is 293. The predicted molar refractivity (Wildman–Crippen MR) is 51.6 cm³/mol. The molecule has 0 aliphatic carbocycles. The Kier molecular flexibility index (Phi) is 3.07. The Hall–Kier alpha value is -0.860. The molecule has 0 bridgehead atoms. The van der Waals surface area contributed by atoms with Gasteiger partial charge in [-0.25, -0.2) is 0 Å². The highest BCUT2D eigenvalue weighted by Crippen LogP contribution is 2.15. The molecule has 0 spiro atoms. The van der Waals surface area contributed by atoms with E-state index in [1.807, 2.05) is 30.3 Å². The normalized spacial score (nSPS) is 15.0. The van der Waals surface area contributed by atoms with Gasteiger partial charge in [-0.15, -0.1) is 0 Å². The molecule has 0 amide bonds. The molecule has 0 saturated heterocycles. The zero-order valence-electron chi connectivity index (χ0n) is 7.33. The second-order valence-electron chi connectivity index (χ2n) is 3.21. The van der Waals surface area contributed by atoms with Gasteiger partial charge in [0.1, 0.15) is 5.60 Å². The first kappa shape index (κ1) is 10.2. The molecule has 3 heteroatoms. The number of hydrogen-bond acceptors (Lipinski definition) is 2. The minimum Gasteiger partial charge on any atom is -0.381 e. The maximum absolute atomic E-state index is 10.8. The van der Waals surface area contributed by atoms with E-state index in [1.54, 1.807) is 0 Å². The Labute approximate surface area is 82.2 Å². The molecular weight excluding hydrogens is 188 g/mol. The molecule has 0 fully saturated rings. The lowest BCUT2D eigenvalue weighted by Gasteiger charge is -2.17. The molecule has 1 rings (SSSR count). The number of hydrogen-bond donors (Lipinski definition) is 1. The third-order valence-corrected chi connectivity index (χ3v) is 2.22. The second-order valence-corrected chi connectivity index (χ2v) is 3.55. The summed E-state index contributed by atoms with van der Waals surface area (Å²) in [6.07, 6.45) is 0.246. The smallest absolute Gasteiger partial charge is 0.253 e. The van der Waals surface area contributed by atoms with E-state index in [0.717, 1.165) is 5.56 Å². The summed E-state index contributed by atoms with van der Waals surface area (Å²) in [7, 11) is 0. The Morgan fingerprint density at radius 3 is 2.46 bits per heavy atom. The van der Waals surface area contributed by atoms with Crippen molar-refractivity contribution in [3.8, 4) is 0 Å². The number of rotatable bonds is 3. The van der Waals surface area contributed by atoms with Crippen LogP contribution in [0.3, 0.4) is 0 Å². The minimum atomic E-state index is -1.47. The van der Waals surface area contributed by atoms with Crippen LogP contribution < -0.4 is 0 Å². The van der Waals surface area contributed by atoms with E-state index >= 15 is 0 Å². The number of halogens is 1. The maximum atomic E-state index is 10.8. The lowest BCUT2D eigenvalue weighted by atomic mass is 9.98. The van der Waals surface area contributed by atoms with Crippen molar-refractivity contribution < 1.29 is 9.90 Å². The molecule has 1 aromatic carbocycles. The van der Waals surface area contributed by atoms with E-state index in [9.17, 15) is 9.90 Å². The van der Waals surface area contributed by atoms with Crippen molar-refractivity contribution >= 4 is 16.8 Å². The van der Waals surface area contributed by atoms with Gasteiger partial charge in [-0.2, -0.15) is 0 Å². The fraction of sp³-hybridized carbons (Fsp3) is 0.300. The van der Waals surface area contributed by atoms with E-state index in [2.05, 4.69) is 0 Å². The quantitative estimate of drug-likeness (QED) is 0.752. The summed E-state index contributed by atoms with van der Waals surface area (Å²) in [5.41, 5.74) is -0.579. The first-order valence-corrected chi connectivity index (χ1v) is 4.36. The van der Waals surface area contributed by atoms with Crippen molar-refractivity contribution in [2.75, 3.05) is 0 Å². The average molecular weight is 199 g/mol. The van der Waals surface area contributed by atoms with Crippen LogP contribution in [-0.2, 0) is 11.2 Å². The third kappa shape index (κ3) is 2.83. The van der Waals surface area contributed by atoms with Crippen LogP contribution in [0.1, 0.15) is 12.5 Å². The molecule has 0 aliphatic heterocycles. The van der Waals surface area contributed by atoms with Gasteiger partial charge in [-0.3, -0.25) is 4.79 Å². The molecule has 0 heterocycles. The van der Waals surface area contributed by atoms with Crippen LogP contribution in [0.2, 0.25) is 0 Å². The van der Waals surface area contributed by atoms with Crippen LogP contribution >= 0.6 is 11.6 Å². The molecule has 0 aliphatic rings. The van der Waals surface area contributed by atoms with Crippen LogP contribution in [0.4, 0.5) is 0 Å². The fourth-order valence-corrected chi connectivity index (χ4v) is 1.13. The van der Waals surface area contributed by atoms with E-state index in [4.69, 9.17) is 11.6 Å². The van der Waals surface area contributed by atoms with E-state index in [-0.39, 0.29) is 6.42 Å². The standard InChI is InChI=1S/C10H11ClO2/c1-10(13,9(11)12)7-8-5-3-2-4-6-8/h2-6,13H,7H2,1H3. The molecule has 0 aromatic heterocycles. The molecule has 70 valence electrons. The van der Waals surface area contributed by atoms with Crippen molar-refractivity contribution in [2.45, 2.75) is 18.9 Å². The van der Waals surface area contributed by atoms with Gasteiger partial charge in [0.15, 0.2) is 0 Å². The van der Waals surface area contributed by atoms with Gasteiger partial charge < -0.3 is 5.11 Å². The molecule has 1 N–H and O–H groups in total. The highest BCUT2D eigenvalue weighted by molar-refractivity contribution is 6.65. The van der Waals surface area contributed by atoms with Gasteiger partial charge in [-0.1, -0.05) is 30.3 Å². The van der Waals surface area contributed by atoms with Gasteiger partial charge in [0.25, 0.3) is 5.24 Å². The predicted octanol–water partition coefficient (Wildman–Crippen LogP) is 1.75. The SMILES string of the molecule is CC(O)(Cc1ccccc1)C(=O)Cl. The number of aliphatic hydroxyl groups is 1. The fourth-order valence-electron chi connectivity index (χ4n) is 1.06. The largest absolute Gasteiger partial charge is 0.381 e. The summed E-state index contributed by atoms with van der Waals surface area (Å²) in [6.45, 7) is 1.41. The second kappa shape index (κ2) is 3.90. The molecule has 0 radical (unpaired) electrons. The topological polar surface area (TPSA) is 37.3 Å². The number of benzene rings is 1. The van der Waals surface area contributed by atoms with Crippen LogP contribution in [0.15, 0.2) is 30.3 Å². The summed E-state index contributed by atoms with van der Waals surface area (Å²) >= 11 is 5.23. The first-order chi connectivity index (χ1) is 6.02. The first-order valence-electron chi connectivity index (χ1n) is 3.98. The monoisotopic (exact) mass is 198 g/mol. The van der Waals surface area contributed by atoms with E-state index in [1.165, 1.54) is 6.92 Å². The van der Waals surface area contributed by atoms with Crippen molar-refractivity contribution in [3.63, 3.8) is 0 Å². The highest BCUT2D eigenvalue weighted by atomic mass is 35.5. The van der Waals surface area contributed by atoms with Crippen molar-refractivity contribution in [1.82, 2.24) is 0 Å². The van der Waals surface area contributed by atoms with E-state index < -0.39 is 10.8 Å². The van der Waals surface area contributed by atoms with E-state index in [0.29, 0.717) is 0 Å². The third-order valence-electron chi connectivity index (χ3n) is 1.81. The highest BCUT2D eigenvalue weighted by Gasteiger charge is 2.28. The minimum absolute atomic E-state index is 0.246. The molecule has 1 unspecified atom stereocenters. The lowest BCUT2D eigenvalue weighted by Crippen LogP contribution is -2.34. The lowest BCUT2D eigenvalue weighted by molar-refractivity contribution is -0.126. The van der Waals surface area contributed by atoms with Crippen molar-refractivity contribution in [3.05, 3.63) is 35.9 Å². The van der Waals surface area contributed by atoms with Crippen molar-refractivity contribution in [1.29, 1.82) is 0 Å². The number of carbonyl (C=O) groups is 1. The van der Waals surface area contributed by atoms with Crippen molar-refractivity contribution in [2.24, 2.45) is 0 Å². The van der Waals surface area contributed by atoms with Gasteiger partial charge in [0, 0.05) is 6.42 Å². The Balaban J connectivity index is 2.75. The zero-order chi connectivity index (χ0) is 9.90. The average Bonchev–Trinajstić information content (AvgIpc) is 2.05. The van der Waals surface area contributed by atoms with Crippen LogP contribution in [0.25, 0.3) is 0 Å².